The topological polar surface area (TPSA) is 55.3 Å². The van der Waals surface area contributed by atoms with Gasteiger partial charge in [-0.15, -0.1) is 0 Å². The number of carbonyl (C=O) groups excluding carboxylic acids is 1. The third-order valence-corrected chi connectivity index (χ3v) is 5.56. The minimum absolute atomic E-state index is 0.135. The smallest absolute Gasteiger partial charge is 0.233 e. The lowest BCUT2D eigenvalue weighted by Gasteiger charge is -2.19. The van der Waals surface area contributed by atoms with E-state index in [1.54, 1.807) is 23.2 Å². The number of para-hydroxylation sites is 1. The fourth-order valence-electron chi connectivity index (χ4n) is 3.09. The average Bonchev–Trinajstić information content (AvgIpc) is 3.19. The predicted octanol–water partition coefficient (Wildman–Crippen LogP) is 5.01. The Kier molecular flexibility index (Phi) is 5.99. The van der Waals surface area contributed by atoms with Crippen molar-refractivity contribution in [2.24, 2.45) is 0 Å². The molecule has 0 atom stereocenters. The Morgan fingerprint density at radius 3 is 2.67 bits per heavy atom. The Hall–Kier alpha value is -3.32. The van der Waals surface area contributed by atoms with E-state index in [1.807, 2.05) is 43.3 Å². The Bertz CT molecular complexity index is 1150. The van der Waals surface area contributed by atoms with Crippen molar-refractivity contribution in [3.05, 3.63) is 83.9 Å². The molecule has 0 radical (unpaired) electrons. The summed E-state index contributed by atoms with van der Waals surface area (Å²) in [6, 6.07) is 17.3. The van der Waals surface area contributed by atoms with Gasteiger partial charge in [-0.25, -0.2) is 9.37 Å². The fraction of sp³-hybridized carbons (Fsp3) is 0.174. The van der Waals surface area contributed by atoms with Gasteiger partial charge in [-0.05, 0) is 48.9 Å². The molecule has 152 valence electrons. The third kappa shape index (κ3) is 4.46. The van der Waals surface area contributed by atoms with E-state index >= 15 is 0 Å². The van der Waals surface area contributed by atoms with Gasteiger partial charge in [0.1, 0.15) is 17.1 Å². The first kappa shape index (κ1) is 20.0. The van der Waals surface area contributed by atoms with E-state index in [1.165, 1.54) is 23.5 Å². The maximum Gasteiger partial charge on any atom is 0.233 e. The summed E-state index contributed by atoms with van der Waals surface area (Å²) < 4.78 is 19.9. The summed E-state index contributed by atoms with van der Waals surface area (Å²) in [5, 5.41) is 0.579. The molecule has 0 fully saturated rings. The van der Waals surface area contributed by atoms with Crippen LogP contribution >= 0.6 is 11.3 Å². The molecule has 0 aliphatic carbocycles. The van der Waals surface area contributed by atoms with Crippen LogP contribution in [0.15, 0.2) is 66.9 Å². The monoisotopic (exact) mass is 421 g/mol. The number of thiazole rings is 1. The van der Waals surface area contributed by atoms with Crippen LogP contribution in [0.1, 0.15) is 18.2 Å². The molecular weight excluding hydrogens is 401 g/mol. The number of ether oxygens (including phenoxy) is 1. The number of benzene rings is 2. The SMILES string of the molecule is CCOc1cccc2sc(N(Cc3ccccn3)C(=O)Cc3ccc(F)cc3)nc12. The Morgan fingerprint density at radius 1 is 1.10 bits per heavy atom. The molecule has 2 aromatic heterocycles. The second-order valence-corrected chi connectivity index (χ2v) is 7.65. The van der Waals surface area contributed by atoms with Gasteiger partial charge in [0, 0.05) is 6.20 Å². The molecule has 2 heterocycles. The molecule has 7 heteroatoms. The molecule has 2 aromatic carbocycles. The molecule has 0 saturated carbocycles. The Morgan fingerprint density at radius 2 is 1.93 bits per heavy atom. The molecule has 5 nitrogen and oxygen atoms in total. The van der Waals surface area contributed by atoms with Crippen LogP contribution in [0.3, 0.4) is 0 Å². The number of hydrogen-bond donors (Lipinski definition) is 0. The van der Waals surface area contributed by atoms with E-state index < -0.39 is 0 Å². The van der Waals surface area contributed by atoms with Gasteiger partial charge in [0.2, 0.25) is 5.91 Å². The van der Waals surface area contributed by atoms with Crippen LogP contribution in [0, 0.1) is 5.82 Å². The molecule has 1 amide bonds. The highest BCUT2D eigenvalue weighted by atomic mass is 32.1. The molecule has 0 saturated heterocycles. The van der Waals surface area contributed by atoms with Gasteiger partial charge in [0.05, 0.1) is 30.0 Å². The van der Waals surface area contributed by atoms with Gasteiger partial charge in [0.25, 0.3) is 0 Å². The quantitative estimate of drug-likeness (QED) is 0.421. The normalized spacial score (nSPS) is 10.9. The number of fused-ring (bicyclic) bond motifs is 1. The molecule has 0 N–H and O–H groups in total. The summed E-state index contributed by atoms with van der Waals surface area (Å²) in [6.07, 6.45) is 1.84. The van der Waals surface area contributed by atoms with Gasteiger partial charge in [-0.2, -0.15) is 0 Å². The van der Waals surface area contributed by atoms with E-state index in [0.29, 0.717) is 24.0 Å². The molecular formula is C23H20FN3O2S. The summed E-state index contributed by atoms with van der Waals surface area (Å²) in [5.74, 6) is 0.233. The summed E-state index contributed by atoms with van der Waals surface area (Å²) in [6.45, 7) is 2.75. The minimum atomic E-state index is -0.328. The van der Waals surface area contributed by atoms with Crippen LogP contribution < -0.4 is 9.64 Å². The van der Waals surface area contributed by atoms with E-state index in [4.69, 9.17) is 9.72 Å². The lowest BCUT2D eigenvalue weighted by atomic mass is 10.1. The van der Waals surface area contributed by atoms with Gasteiger partial charge >= 0.3 is 0 Å². The first-order valence-corrected chi connectivity index (χ1v) is 10.4. The van der Waals surface area contributed by atoms with Crippen molar-refractivity contribution >= 4 is 32.6 Å². The molecule has 0 unspecified atom stereocenters. The van der Waals surface area contributed by atoms with Gasteiger partial charge in [-0.1, -0.05) is 35.6 Å². The van der Waals surface area contributed by atoms with Crippen LogP contribution in [0.2, 0.25) is 0 Å². The zero-order valence-electron chi connectivity index (χ0n) is 16.4. The second-order valence-electron chi connectivity index (χ2n) is 6.64. The van der Waals surface area contributed by atoms with Crippen molar-refractivity contribution in [1.82, 2.24) is 9.97 Å². The number of anilines is 1. The summed E-state index contributed by atoms with van der Waals surface area (Å²) in [7, 11) is 0. The highest BCUT2D eigenvalue weighted by Crippen LogP contribution is 2.35. The number of carbonyl (C=O) groups is 1. The van der Waals surface area contributed by atoms with Crippen LogP contribution in [0.25, 0.3) is 10.2 Å². The first-order chi connectivity index (χ1) is 14.6. The van der Waals surface area contributed by atoms with E-state index in [-0.39, 0.29) is 18.1 Å². The highest BCUT2D eigenvalue weighted by molar-refractivity contribution is 7.22. The van der Waals surface area contributed by atoms with Gasteiger partial charge in [0.15, 0.2) is 5.13 Å². The van der Waals surface area contributed by atoms with Crippen molar-refractivity contribution in [2.75, 3.05) is 11.5 Å². The molecule has 0 bridgehead atoms. The summed E-state index contributed by atoms with van der Waals surface area (Å²) in [4.78, 5) is 23.9. The lowest BCUT2D eigenvalue weighted by molar-refractivity contribution is -0.118. The zero-order chi connectivity index (χ0) is 20.9. The standard InChI is InChI=1S/C23H20FN3O2S/c1-2-29-19-7-5-8-20-22(19)26-23(30-20)27(15-18-6-3-4-13-25-18)21(28)14-16-9-11-17(24)12-10-16/h3-13H,2,14-15H2,1H3. The number of aromatic nitrogens is 2. The van der Waals surface area contributed by atoms with Crippen molar-refractivity contribution in [1.29, 1.82) is 0 Å². The number of hydrogen-bond acceptors (Lipinski definition) is 5. The van der Waals surface area contributed by atoms with E-state index in [0.717, 1.165) is 21.5 Å². The Balaban J connectivity index is 1.69. The number of nitrogens with zero attached hydrogens (tertiary/aromatic N) is 3. The molecule has 0 aliphatic rings. The third-order valence-electron chi connectivity index (χ3n) is 4.52. The van der Waals surface area contributed by atoms with Crippen molar-refractivity contribution in [3.63, 3.8) is 0 Å². The maximum atomic E-state index is 13.2. The van der Waals surface area contributed by atoms with Crippen molar-refractivity contribution in [2.45, 2.75) is 19.9 Å². The highest BCUT2D eigenvalue weighted by Gasteiger charge is 2.22. The minimum Gasteiger partial charge on any atom is -0.492 e. The summed E-state index contributed by atoms with van der Waals surface area (Å²) in [5.41, 5.74) is 2.23. The molecule has 4 aromatic rings. The van der Waals surface area contributed by atoms with E-state index in [9.17, 15) is 9.18 Å². The summed E-state index contributed by atoms with van der Waals surface area (Å²) >= 11 is 1.43. The number of pyridine rings is 1. The Labute approximate surface area is 177 Å². The van der Waals surface area contributed by atoms with Crippen molar-refractivity contribution < 1.29 is 13.9 Å². The lowest BCUT2D eigenvalue weighted by Crippen LogP contribution is -2.32. The van der Waals surface area contributed by atoms with Crippen LogP contribution in [-0.2, 0) is 17.8 Å². The first-order valence-electron chi connectivity index (χ1n) is 9.61. The number of rotatable bonds is 7. The molecule has 30 heavy (non-hydrogen) atoms. The van der Waals surface area contributed by atoms with Crippen LogP contribution in [0.5, 0.6) is 5.75 Å². The van der Waals surface area contributed by atoms with Crippen LogP contribution in [-0.4, -0.2) is 22.5 Å². The number of halogens is 1. The number of amides is 1. The second kappa shape index (κ2) is 9.00. The zero-order valence-corrected chi connectivity index (χ0v) is 17.2. The van der Waals surface area contributed by atoms with Crippen LogP contribution in [0.4, 0.5) is 9.52 Å². The van der Waals surface area contributed by atoms with Gasteiger partial charge < -0.3 is 4.74 Å². The molecule has 0 aliphatic heterocycles. The maximum absolute atomic E-state index is 13.2. The molecule has 0 spiro atoms. The predicted molar refractivity (Wildman–Crippen MR) is 116 cm³/mol. The largest absolute Gasteiger partial charge is 0.492 e. The van der Waals surface area contributed by atoms with E-state index in [2.05, 4.69) is 4.98 Å². The van der Waals surface area contributed by atoms with Crippen molar-refractivity contribution in [3.8, 4) is 5.75 Å². The molecule has 4 rings (SSSR count). The fourth-order valence-corrected chi connectivity index (χ4v) is 4.09. The average molecular weight is 421 g/mol. The van der Waals surface area contributed by atoms with Gasteiger partial charge in [-0.3, -0.25) is 14.7 Å².